The largest absolute Gasteiger partial charge is 0.380 e. The number of primary amides is 1. The second-order valence-electron chi connectivity index (χ2n) is 5.17. The molecule has 1 heterocycles. The average molecular weight is 302 g/mol. The van der Waals surface area contributed by atoms with Gasteiger partial charge in [0.05, 0.1) is 5.56 Å². The van der Waals surface area contributed by atoms with Crippen LogP contribution in [-0.2, 0) is 13.0 Å². The third kappa shape index (κ3) is 4.90. The van der Waals surface area contributed by atoms with E-state index in [0.29, 0.717) is 12.1 Å². The summed E-state index contributed by atoms with van der Waals surface area (Å²) in [6.45, 7) is 2.94. The van der Waals surface area contributed by atoms with Gasteiger partial charge in [-0.3, -0.25) is 4.79 Å². The number of amides is 1. The first-order valence-corrected chi connectivity index (χ1v) is 8.27. The van der Waals surface area contributed by atoms with E-state index in [0.717, 1.165) is 17.0 Å². The first kappa shape index (κ1) is 15.6. The van der Waals surface area contributed by atoms with E-state index in [9.17, 15) is 4.79 Å². The summed E-state index contributed by atoms with van der Waals surface area (Å²) < 4.78 is 0. The van der Waals surface area contributed by atoms with Crippen molar-refractivity contribution in [1.29, 1.82) is 0 Å². The molecule has 21 heavy (non-hydrogen) atoms. The Kier molecular flexibility index (Phi) is 5.81. The van der Waals surface area contributed by atoms with E-state index in [1.165, 1.54) is 24.8 Å². The molecule has 0 fully saturated rings. The minimum absolute atomic E-state index is 0.367. The molecule has 1 aromatic carbocycles. The summed E-state index contributed by atoms with van der Waals surface area (Å²) in [5, 5.41) is 5.17. The van der Waals surface area contributed by atoms with Gasteiger partial charge in [0.1, 0.15) is 0 Å². The van der Waals surface area contributed by atoms with E-state index in [1.807, 2.05) is 6.07 Å². The lowest BCUT2D eigenvalue weighted by atomic mass is 10.1. The Hall–Kier alpha value is -1.81. The summed E-state index contributed by atoms with van der Waals surface area (Å²) in [5.74, 6) is -0.367. The molecule has 2 aromatic rings. The van der Waals surface area contributed by atoms with Crippen molar-refractivity contribution in [2.75, 3.05) is 5.32 Å². The van der Waals surface area contributed by atoms with Gasteiger partial charge in [0.2, 0.25) is 5.91 Å². The van der Waals surface area contributed by atoms with E-state index in [1.54, 1.807) is 16.7 Å². The monoisotopic (exact) mass is 302 g/mol. The summed E-state index contributed by atoms with van der Waals surface area (Å²) in [7, 11) is 0. The summed E-state index contributed by atoms with van der Waals surface area (Å²) >= 11 is 1.55. The molecule has 0 unspecified atom stereocenters. The van der Waals surface area contributed by atoms with Crippen LogP contribution in [0.1, 0.15) is 47.0 Å². The lowest BCUT2D eigenvalue weighted by Gasteiger charge is -2.06. The zero-order chi connectivity index (χ0) is 15.1. The number of carbonyl (C=O) groups excluding carboxylic acids is 1. The number of anilines is 1. The first-order valence-electron chi connectivity index (χ1n) is 7.39. The molecular formula is C17H22N2OS. The van der Waals surface area contributed by atoms with E-state index >= 15 is 0 Å². The molecule has 3 nitrogen and oxygen atoms in total. The van der Waals surface area contributed by atoms with Gasteiger partial charge in [-0.05, 0) is 36.6 Å². The van der Waals surface area contributed by atoms with Gasteiger partial charge in [0.15, 0.2) is 0 Å². The maximum absolute atomic E-state index is 11.0. The minimum atomic E-state index is -0.367. The third-order valence-electron chi connectivity index (χ3n) is 3.43. The van der Waals surface area contributed by atoms with Gasteiger partial charge >= 0.3 is 0 Å². The van der Waals surface area contributed by atoms with Crippen LogP contribution in [-0.4, -0.2) is 5.91 Å². The summed E-state index contributed by atoms with van der Waals surface area (Å²) in [4.78, 5) is 12.1. The van der Waals surface area contributed by atoms with Gasteiger partial charge in [-0.2, -0.15) is 0 Å². The second-order valence-corrected chi connectivity index (χ2v) is 6.17. The van der Waals surface area contributed by atoms with Crippen molar-refractivity contribution in [2.24, 2.45) is 5.73 Å². The quantitative estimate of drug-likeness (QED) is 0.718. The lowest BCUT2D eigenvalue weighted by molar-refractivity contribution is 0.100. The number of thiophene rings is 1. The molecule has 0 aliphatic rings. The molecule has 4 heteroatoms. The van der Waals surface area contributed by atoms with E-state index in [2.05, 4.69) is 36.5 Å². The summed E-state index contributed by atoms with van der Waals surface area (Å²) in [5.41, 5.74) is 8.32. The maximum Gasteiger partial charge on any atom is 0.249 e. The topological polar surface area (TPSA) is 55.1 Å². The Labute approximate surface area is 130 Å². The SMILES string of the molecule is CCCCCc1ccc(NCc2cc(C(N)=O)cs2)cc1. The van der Waals surface area contributed by atoms with Crippen LogP contribution in [0.25, 0.3) is 0 Å². The average Bonchev–Trinajstić information content (AvgIpc) is 2.96. The van der Waals surface area contributed by atoms with Crippen LogP contribution >= 0.6 is 11.3 Å². The first-order chi connectivity index (χ1) is 10.2. The Balaban J connectivity index is 1.83. The molecule has 1 amide bonds. The van der Waals surface area contributed by atoms with Crippen molar-refractivity contribution in [3.63, 3.8) is 0 Å². The number of unbranched alkanes of at least 4 members (excludes halogenated alkanes) is 2. The number of carbonyl (C=O) groups is 1. The number of benzene rings is 1. The van der Waals surface area contributed by atoms with Gasteiger partial charge in [-0.15, -0.1) is 11.3 Å². The highest BCUT2D eigenvalue weighted by Crippen LogP contribution is 2.17. The fourth-order valence-corrected chi connectivity index (χ4v) is 2.97. The summed E-state index contributed by atoms with van der Waals surface area (Å²) in [6.07, 6.45) is 4.96. The molecule has 112 valence electrons. The smallest absolute Gasteiger partial charge is 0.249 e. The fourth-order valence-electron chi connectivity index (χ4n) is 2.16. The molecule has 1 aromatic heterocycles. The Bertz CT molecular complexity index is 575. The highest BCUT2D eigenvalue weighted by molar-refractivity contribution is 7.10. The van der Waals surface area contributed by atoms with Crippen molar-refractivity contribution in [2.45, 2.75) is 39.2 Å². The molecule has 0 aliphatic carbocycles. The van der Waals surface area contributed by atoms with Crippen LogP contribution in [0.2, 0.25) is 0 Å². The van der Waals surface area contributed by atoms with Crippen molar-refractivity contribution in [1.82, 2.24) is 0 Å². The highest BCUT2D eigenvalue weighted by Gasteiger charge is 2.04. The molecule has 0 atom stereocenters. The zero-order valence-electron chi connectivity index (χ0n) is 12.4. The van der Waals surface area contributed by atoms with Crippen molar-refractivity contribution in [3.05, 3.63) is 51.7 Å². The van der Waals surface area contributed by atoms with Crippen LogP contribution < -0.4 is 11.1 Å². The molecule has 3 N–H and O–H groups in total. The van der Waals surface area contributed by atoms with E-state index in [4.69, 9.17) is 5.73 Å². The normalized spacial score (nSPS) is 10.5. The zero-order valence-corrected chi connectivity index (χ0v) is 13.2. The number of hydrogen-bond acceptors (Lipinski definition) is 3. The Morgan fingerprint density at radius 3 is 2.62 bits per heavy atom. The van der Waals surface area contributed by atoms with Gasteiger partial charge in [-0.1, -0.05) is 31.9 Å². The minimum Gasteiger partial charge on any atom is -0.380 e. The number of nitrogens with one attached hydrogen (secondary N) is 1. The number of rotatable bonds is 8. The maximum atomic E-state index is 11.0. The molecule has 0 radical (unpaired) electrons. The Morgan fingerprint density at radius 2 is 2.00 bits per heavy atom. The second kappa shape index (κ2) is 7.84. The molecule has 0 aliphatic heterocycles. The highest BCUT2D eigenvalue weighted by atomic mass is 32.1. The van der Waals surface area contributed by atoms with E-state index in [-0.39, 0.29) is 5.91 Å². The lowest BCUT2D eigenvalue weighted by Crippen LogP contribution is -2.09. The molecule has 0 saturated carbocycles. The van der Waals surface area contributed by atoms with Crippen LogP contribution in [0.3, 0.4) is 0 Å². The fraction of sp³-hybridized carbons (Fsp3) is 0.353. The molecule has 0 bridgehead atoms. The standard InChI is InChI=1S/C17H22N2OS/c1-2-3-4-5-13-6-8-15(9-7-13)19-11-16-10-14(12-21-16)17(18)20/h6-10,12,19H,2-5,11H2,1H3,(H2,18,20). The molecular weight excluding hydrogens is 280 g/mol. The number of aryl methyl sites for hydroxylation is 1. The van der Waals surface area contributed by atoms with Gasteiger partial charge < -0.3 is 11.1 Å². The molecule has 0 spiro atoms. The van der Waals surface area contributed by atoms with Crippen molar-refractivity contribution in [3.8, 4) is 0 Å². The number of nitrogens with two attached hydrogens (primary N) is 1. The molecule has 2 rings (SSSR count). The molecule has 0 saturated heterocycles. The van der Waals surface area contributed by atoms with Gasteiger partial charge in [-0.25, -0.2) is 0 Å². The Morgan fingerprint density at radius 1 is 1.24 bits per heavy atom. The predicted molar refractivity (Wildman–Crippen MR) is 89.8 cm³/mol. The van der Waals surface area contributed by atoms with Gasteiger partial charge in [0.25, 0.3) is 0 Å². The number of hydrogen-bond donors (Lipinski definition) is 2. The van der Waals surface area contributed by atoms with E-state index < -0.39 is 0 Å². The van der Waals surface area contributed by atoms with Gasteiger partial charge in [0, 0.05) is 22.5 Å². The third-order valence-corrected chi connectivity index (χ3v) is 4.36. The van der Waals surface area contributed by atoms with Crippen LogP contribution in [0.4, 0.5) is 5.69 Å². The van der Waals surface area contributed by atoms with Crippen LogP contribution in [0, 0.1) is 0 Å². The summed E-state index contributed by atoms with van der Waals surface area (Å²) in [6, 6.07) is 10.4. The predicted octanol–water partition coefficient (Wildman–Crippen LogP) is 4.19. The van der Waals surface area contributed by atoms with Crippen molar-refractivity contribution < 1.29 is 4.79 Å². The van der Waals surface area contributed by atoms with Crippen LogP contribution in [0.15, 0.2) is 35.7 Å². The van der Waals surface area contributed by atoms with Crippen molar-refractivity contribution >= 4 is 22.9 Å². The van der Waals surface area contributed by atoms with Crippen LogP contribution in [0.5, 0.6) is 0 Å².